The van der Waals surface area contributed by atoms with E-state index in [9.17, 15) is 18.4 Å². The normalized spacial score (nSPS) is 21.2. The summed E-state index contributed by atoms with van der Waals surface area (Å²) in [5, 5.41) is 0. The van der Waals surface area contributed by atoms with Crippen LogP contribution in [0.25, 0.3) is 0 Å². The van der Waals surface area contributed by atoms with Gasteiger partial charge in [0.1, 0.15) is 11.6 Å². The van der Waals surface area contributed by atoms with Crippen molar-refractivity contribution in [2.75, 3.05) is 18.0 Å². The third-order valence-corrected chi connectivity index (χ3v) is 6.08. The molecule has 6 heteroatoms. The first-order valence-electron chi connectivity index (χ1n) is 10.1. The Labute approximate surface area is 169 Å². The molecular weight excluding hydrogens is 374 g/mol. The predicted octanol–water partition coefficient (Wildman–Crippen LogP) is 3.94. The summed E-state index contributed by atoms with van der Waals surface area (Å²) < 4.78 is 26.9. The first kappa shape index (κ1) is 19.7. The molecule has 1 atom stereocenters. The summed E-state index contributed by atoms with van der Waals surface area (Å²) in [7, 11) is 0. The first-order valence-corrected chi connectivity index (χ1v) is 10.1. The SMILES string of the molecule is O=C1C[C@@H](N2CCC(CCc3ccccc3F)CC2)C(=O)N1c1ccc(F)cc1. The van der Waals surface area contributed by atoms with Crippen molar-refractivity contribution in [3.63, 3.8) is 0 Å². The van der Waals surface area contributed by atoms with E-state index in [4.69, 9.17) is 0 Å². The highest BCUT2D eigenvalue weighted by molar-refractivity contribution is 6.22. The van der Waals surface area contributed by atoms with Gasteiger partial charge in [-0.25, -0.2) is 13.7 Å². The fourth-order valence-corrected chi connectivity index (χ4v) is 4.38. The van der Waals surface area contributed by atoms with Crippen LogP contribution in [0.15, 0.2) is 48.5 Å². The zero-order chi connectivity index (χ0) is 20.4. The number of halogens is 2. The van der Waals surface area contributed by atoms with E-state index < -0.39 is 11.9 Å². The van der Waals surface area contributed by atoms with Gasteiger partial charge in [0.25, 0.3) is 5.91 Å². The lowest BCUT2D eigenvalue weighted by atomic mass is 9.89. The molecule has 2 heterocycles. The zero-order valence-electron chi connectivity index (χ0n) is 16.2. The first-order chi connectivity index (χ1) is 14.0. The van der Waals surface area contributed by atoms with Crippen molar-refractivity contribution in [1.82, 2.24) is 4.90 Å². The lowest BCUT2D eigenvalue weighted by Gasteiger charge is -2.34. The predicted molar refractivity (Wildman–Crippen MR) is 106 cm³/mol. The standard InChI is InChI=1S/C23H24F2N2O2/c24-18-7-9-19(10-8-18)27-22(28)15-21(23(27)29)26-13-11-16(12-14-26)5-6-17-3-1-2-4-20(17)25/h1-4,7-10,16,21H,5-6,11-15H2/t21-/m1/s1. The molecule has 2 aliphatic heterocycles. The van der Waals surface area contributed by atoms with E-state index in [-0.39, 0.29) is 24.1 Å². The van der Waals surface area contributed by atoms with Crippen LogP contribution >= 0.6 is 0 Å². The van der Waals surface area contributed by atoms with Crippen LogP contribution in [-0.4, -0.2) is 35.8 Å². The van der Waals surface area contributed by atoms with Gasteiger partial charge < -0.3 is 0 Å². The van der Waals surface area contributed by atoms with Gasteiger partial charge in [-0.1, -0.05) is 18.2 Å². The van der Waals surface area contributed by atoms with Gasteiger partial charge in [0.15, 0.2) is 0 Å². The Bertz CT molecular complexity index is 892. The maximum absolute atomic E-state index is 13.8. The van der Waals surface area contributed by atoms with Crippen molar-refractivity contribution in [2.24, 2.45) is 5.92 Å². The number of hydrogen-bond acceptors (Lipinski definition) is 3. The third kappa shape index (κ3) is 4.22. The number of rotatable bonds is 5. The van der Waals surface area contributed by atoms with Crippen molar-refractivity contribution >= 4 is 17.5 Å². The molecule has 0 bridgehead atoms. The molecule has 2 amide bonds. The van der Waals surface area contributed by atoms with E-state index in [2.05, 4.69) is 4.90 Å². The van der Waals surface area contributed by atoms with Gasteiger partial charge in [-0.15, -0.1) is 0 Å². The number of nitrogens with zero attached hydrogens (tertiary/aromatic N) is 2. The fraction of sp³-hybridized carbons (Fsp3) is 0.391. The Morgan fingerprint density at radius 2 is 1.62 bits per heavy atom. The van der Waals surface area contributed by atoms with E-state index in [1.54, 1.807) is 6.07 Å². The molecule has 0 radical (unpaired) electrons. The number of likely N-dealkylation sites (tertiary alicyclic amines) is 1. The number of imide groups is 1. The van der Waals surface area contributed by atoms with Gasteiger partial charge in [-0.2, -0.15) is 0 Å². The maximum Gasteiger partial charge on any atom is 0.251 e. The molecule has 0 spiro atoms. The number of anilines is 1. The summed E-state index contributed by atoms with van der Waals surface area (Å²) in [6.45, 7) is 1.51. The summed E-state index contributed by atoms with van der Waals surface area (Å²) in [4.78, 5) is 28.5. The van der Waals surface area contributed by atoms with Crippen molar-refractivity contribution in [3.05, 3.63) is 65.7 Å². The van der Waals surface area contributed by atoms with Gasteiger partial charge >= 0.3 is 0 Å². The molecular formula is C23H24F2N2O2. The van der Waals surface area contributed by atoms with Crippen molar-refractivity contribution in [2.45, 2.75) is 38.1 Å². The van der Waals surface area contributed by atoms with Gasteiger partial charge in [-0.3, -0.25) is 14.5 Å². The average molecular weight is 398 g/mol. The Morgan fingerprint density at radius 3 is 2.31 bits per heavy atom. The molecule has 2 aromatic rings. The van der Waals surface area contributed by atoms with E-state index in [1.165, 1.54) is 35.2 Å². The van der Waals surface area contributed by atoms with Crippen LogP contribution in [0.5, 0.6) is 0 Å². The largest absolute Gasteiger partial charge is 0.292 e. The minimum absolute atomic E-state index is 0.152. The van der Waals surface area contributed by atoms with E-state index in [0.29, 0.717) is 11.6 Å². The number of carbonyl (C=O) groups excluding carboxylic acids is 2. The van der Waals surface area contributed by atoms with Crippen molar-refractivity contribution < 1.29 is 18.4 Å². The number of carbonyl (C=O) groups is 2. The molecule has 2 aromatic carbocycles. The van der Waals surface area contributed by atoms with Crippen LogP contribution in [-0.2, 0) is 16.0 Å². The molecule has 2 fully saturated rings. The van der Waals surface area contributed by atoms with Crippen LogP contribution in [0.3, 0.4) is 0 Å². The van der Waals surface area contributed by atoms with Crippen LogP contribution in [0.2, 0.25) is 0 Å². The van der Waals surface area contributed by atoms with Crippen LogP contribution < -0.4 is 4.90 Å². The quantitative estimate of drug-likeness (QED) is 0.717. The van der Waals surface area contributed by atoms with E-state index >= 15 is 0 Å². The Hall–Kier alpha value is -2.60. The van der Waals surface area contributed by atoms with Gasteiger partial charge in [0, 0.05) is 0 Å². The molecule has 4 rings (SSSR count). The molecule has 152 valence electrons. The van der Waals surface area contributed by atoms with Gasteiger partial charge in [0.2, 0.25) is 5.91 Å². The molecule has 0 saturated carbocycles. The molecule has 29 heavy (non-hydrogen) atoms. The maximum atomic E-state index is 13.8. The lowest BCUT2D eigenvalue weighted by Crippen LogP contribution is -2.46. The second-order valence-electron chi connectivity index (χ2n) is 7.87. The number of amides is 2. The number of aryl methyl sites for hydroxylation is 1. The van der Waals surface area contributed by atoms with Crippen LogP contribution in [0, 0.1) is 17.6 Å². The Balaban J connectivity index is 1.33. The zero-order valence-corrected chi connectivity index (χ0v) is 16.2. The molecule has 0 unspecified atom stereocenters. The van der Waals surface area contributed by atoms with Gasteiger partial charge in [0.05, 0.1) is 18.2 Å². The van der Waals surface area contributed by atoms with Crippen molar-refractivity contribution in [1.29, 1.82) is 0 Å². The summed E-state index contributed by atoms with van der Waals surface area (Å²) in [5.74, 6) is -0.534. The topological polar surface area (TPSA) is 40.6 Å². The Kier molecular flexibility index (Phi) is 5.72. The minimum Gasteiger partial charge on any atom is -0.292 e. The number of hydrogen-bond donors (Lipinski definition) is 0. The summed E-state index contributed by atoms with van der Waals surface area (Å²) in [5.41, 5.74) is 1.17. The number of benzene rings is 2. The summed E-state index contributed by atoms with van der Waals surface area (Å²) >= 11 is 0. The molecule has 4 nitrogen and oxygen atoms in total. The summed E-state index contributed by atoms with van der Waals surface area (Å²) in [6.07, 6.45) is 3.67. The van der Waals surface area contributed by atoms with Crippen molar-refractivity contribution in [3.8, 4) is 0 Å². The molecule has 0 aliphatic carbocycles. The van der Waals surface area contributed by atoms with E-state index in [1.807, 2.05) is 12.1 Å². The average Bonchev–Trinajstić information content (AvgIpc) is 3.03. The number of piperidine rings is 1. The fourth-order valence-electron chi connectivity index (χ4n) is 4.38. The highest BCUT2D eigenvalue weighted by atomic mass is 19.1. The highest BCUT2D eigenvalue weighted by Crippen LogP contribution is 2.30. The highest BCUT2D eigenvalue weighted by Gasteiger charge is 2.43. The molecule has 0 N–H and O–H groups in total. The Morgan fingerprint density at radius 1 is 0.931 bits per heavy atom. The van der Waals surface area contributed by atoms with E-state index in [0.717, 1.165) is 44.3 Å². The summed E-state index contributed by atoms with van der Waals surface area (Å²) in [6, 6.07) is 11.9. The van der Waals surface area contributed by atoms with Gasteiger partial charge in [-0.05, 0) is 80.6 Å². The third-order valence-electron chi connectivity index (χ3n) is 6.08. The molecule has 2 aliphatic rings. The lowest BCUT2D eigenvalue weighted by molar-refractivity contribution is -0.123. The van der Waals surface area contributed by atoms with Crippen LogP contribution in [0.1, 0.15) is 31.2 Å². The van der Waals surface area contributed by atoms with Crippen LogP contribution in [0.4, 0.5) is 14.5 Å². The monoisotopic (exact) mass is 398 g/mol. The molecule has 0 aromatic heterocycles. The second-order valence-corrected chi connectivity index (χ2v) is 7.87. The smallest absolute Gasteiger partial charge is 0.251 e. The minimum atomic E-state index is -0.444. The molecule has 2 saturated heterocycles. The second kappa shape index (κ2) is 8.41.